The predicted octanol–water partition coefficient (Wildman–Crippen LogP) is 0.537. The van der Waals surface area contributed by atoms with Gasteiger partial charge in [-0.1, -0.05) is 12.1 Å². The molecule has 0 fully saturated rings. The zero-order chi connectivity index (χ0) is 14.0. The lowest BCUT2D eigenvalue weighted by molar-refractivity contribution is 0.138. The molecule has 0 amide bonds. The van der Waals surface area contributed by atoms with E-state index in [0.29, 0.717) is 0 Å². The standard InChI is InChI=1S/C12H20N2O3S/c1-12(2,9-15)14(3)18(16,17)11-6-4-5-10(7-11)8-13/h4-7,15H,8-9,13H2,1-3H3. The van der Waals surface area contributed by atoms with Gasteiger partial charge in [-0.2, -0.15) is 4.31 Å². The molecule has 0 saturated heterocycles. The molecule has 0 spiro atoms. The van der Waals surface area contributed by atoms with Crippen molar-refractivity contribution in [2.45, 2.75) is 30.8 Å². The monoisotopic (exact) mass is 272 g/mol. The van der Waals surface area contributed by atoms with Gasteiger partial charge < -0.3 is 10.8 Å². The molecule has 1 rings (SSSR count). The molecule has 102 valence electrons. The Kier molecular flexibility index (Phi) is 4.50. The molecule has 0 saturated carbocycles. The molecule has 18 heavy (non-hydrogen) atoms. The number of hydrogen-bond acceptors (Lipinski definition) is 4. The topological polar surface area (TPSA) is 83.6 Å². The highest BCUT2D eigenvalue weighted by Gasteiger charge is 2.33. The number of aliphatic hydroxyl groups excluding tert-OH is 1. The second-order valence-electron chi connectivity index (χ2n) is 4.79. The Balaban J connectivity index is 3.21. The quantitative estimate of drug-likeness (QED) is 0.819. The minimum Gasteiger partial charge on any atom is -0.394 e. The average Bonchev–Trinajstić information content (AvgIpc) is 2.37. The van der Waals surface area contributed by atoms with E-state index in [2.05, 4.69) is 0 Å². The summed E-state index contributed by atoms with van der Waals surface area (Å²) < 4.78 is 25.9. The summed E-state index contributed by atoms with van der Waals surface area (Å²) >= 11 is 0. The Morgan fingerprint density at radius 3 is 2.50 bits per heavy atom. The molecule has 0 aromatic heterocycles. The van der Waals surface area contributed by atoms with E-state index in [0.717, 1.165) is 5.56 Å². The lowest BCUT2D eigenvalue weighted by Crippen LogP contribution is -2.47. The van der Waals surface area contributed by atoms with Gasteiger partial charge in [0.2, 0.25) is 10.0 Å². The van der Waals surface area contributed by atoms with Crippen molar-refractivity contribution >= 4 is 10.0 Å². The summed E-state index contributed by atoms with van der Waals surface area (Å²) in [4.78, 5) is 0.189. The van der Waals surface area contributed by atoms with E-state index in [-0.39, 0.29) is 18.0 Å². The van der Waals surface area contributed by atoms with Crippen LogP contribution in [0.2, 0.25) is 0 Å². The molecular formula is C12H20N2O3S. The van der Waals surface area contributed by atoms with Gasteiger partial charge in [0.15, 0.2) is 0 Å². The molecule has 0 bridgehead atoms. The highest BCUT2D eigenvalue weighted by atomic mass is 32.2. The van der Waals surface area contributed by atoms with Crippen molar-refractivity contribution in [3.8, 4) is 0 Å². The summed E-state index contributed by atoms with van der Waals surface area (Å²) in [6.45, 7) is 3.37. The Morgan fingerprint density at radius 2 is 2.00 bits per heavy atom. The van der Waals surface area contributed by atoms with Gasteiger partial charge in [0, 0.05) is 13.6 Å². The molecule has 0 atom stereocenters. The van der Waals surface area contributed by atoms with Crippen LogP contribution >= 0.6 is 0 Å². The maximum atomic E-state index is 12.4. The van der Waals surface area contributed by atoms with E-state index in [1.54, 1.807) is 32.0 Å². The van der Waals surface area contributed by atoms with Gasteiger partial charge in [0.05, 0.1) is 17.0 Å². The van der Waals surface area contributed by atoms with Crippen LogP contribution in [0.15, 0.2) is 29.2 Å². The second-order valence-corrected chi connectivity index (χ2v) is 6.76. The third-order valence-corrected chi connectivity index (χ3v) is 5.10. The summed E-state index contributed by atoms with van der Waals surface area (Å²) in [6, 6.07) is 6.52. The second kappa shape index (κ2) is 5.36. The first kappa shape index (κ1) is 15.1. The molecule has 1 aromatic carbocycles. The molecule has 0 heterocycles. The molecule has 0 aliphatic heterocycles. The number of nitrogens with two attached hydrogens (primary N) is 1. The number of nitrogens with zero attached hydrogens (tertiary/aromatic N) is 1. The zero-order valence-electron chi connectivity index (χ0n) is 10.9. The smallest absolute Gasteiger partial charge is 0.243 e. The third-order valence-electron chi connectivity index (χ3n) is 3.03. The van der Waals surface area contributed by atoms with E-state index < -0.39 is 15.6 Å². The van der Waals surface area contributed by atoms with Crippen LogP contribution in [0.1, 0.15) is 19.4 Å². The van der Waals surface area contributed by atoms with E-state index in [1.165, 1.54) is 17.4 Å². The van der Waals surface area contributed by atoms with Crippen molar-refractivity contribution in [1.29, 1.82) is 0 Å². The summed E-state index contributed by atoms with van der Waals surface area (Å²) in [5.41, 5.74) is 5.41. The van der Waals surface area contributed by atoms with Crippen LogP contribution in [0.25, 0.3) is 0 Å². The number of hydrogen-bond donors (Lipinski definition) is 2. The minimum absolute atomic E-state index is 0.189. The number of sulfonamides is 1. The van der Waals surface area contributed by atoms with Crippen molar-refractivity contribution in [3.05, 3.63) is 29.8 Å². The van der Waals surface area contributed by atoms with Crippen molar-refractivity contribution in [2.24, 2.45) is 5.73 Å². The van der Waals surface area contributed by atoms with E-state index in [1.807, 2.05) is 0 Å². The molecule has 5 nitrogen and oxygen atoms in total. The van der Waals surface area contributed by atoms with Gasteiger partial charge in [0.1, 0.15) is 0 Å². The molecule has 0 aliphatic carbocycles. The van der Waals surface area contributed by atoms with Crippen LogP contribution in [-0.4, -0.2) is 37.0 Å². The first-order valence-corrected chi connectivity index (χ1v) is 7.08. The number of rotatable bonds is 5. The highest BCUT2D eigenvalue weighted by Crippen LogP contribution is 2.23. The Labute approximate surface area is 108 Å². The molecule has 1 aromatic rings. The van der Waals surface area contributed by atoms with Gasteiger partial charge >= 0.3 is 0 Å². The Hall–Kier alpha value is -0.950. The average molecular weight is 272 g/mol. The van der Waals surface area contributed by atoms with Crippen LogP contribution < -0.4 is 5.73 Å². The van der Waals surface area contributed by atoms with Gasteiger partial charge in [-0.3, -0.25) is 0 Å². The van der Waals surface area contributed by atoms with Crippen LogP contribution in [-0.2, 0) is 16.6 Å². The zero-order valence-corrected chi connectivity index (χ0v) is 11.7. The van der Waals surface area contributed by atoms with Gasteiger partial charge in [-0.15, -0.1) is 0 Å². The highest BCUT2D eigenvalue weighted by molar-refractivity contribution is 7.89. The van der Waals surface area contributed by atoms with Crippen LogP contribution in [0.4, 0.5) is 0 Å². The first-order valence-electron chi connectivity index (χ1n) is 5.64. The van der Waals surface area contributed by atoms with Crippen molar-refractivity contribution < 1.29 is 13.5 Å². The van der Waals surface area contributed by atoms with E-state index in [4.69, 9.17) is 5.73 Å². The van der Waals surface area contributed by atoms with Crippen LogP contribution in [0, 0.1) is 0 Å². The van der Waals surface area contributed by atoms with Crippen molar-refractivity contribution in [2.75, 3.05) is 13.7 Å². The van der Waals surface area contributed by atoms with Crippen molar-refractivity contribution in [1.82, 2.24) is 4.31 Å². The third kappa shape index (κ3) is 2.89. The van der Waals surface area contributed by atoms with Crippen molar-refractivity contribution in [3.63, 3.8) is 0 Å². The molecular weight excluding hydrogens is 252 g/mol. The molecule has 3 N–H and O–H groups in total. The summed E-state index contributed by atoms with van der Waals surface area (Å²) in [5.74, 6) is 0. The lowest BCUT2D eigenvalue weighted by atomic mass is 10.1. The van der Waals surface area contributed by atoms with E-state index in [9.17, 15) is 13.5 Å². The summed E-state index contributed by atoms with van der Waals surface area (Å²) in [6.07, 6.45) is 0. The lowest BCUT2D eigenvalue weighted by Gasteiger charge is -2.32. The maximum absolute atomic E-state index is 12.4. The Bertz CT molecular complexity index is 512. The molecule has 0 radical (unpaired) electrons. The molecule has 6 heteroatoms. The fraction of sp³-hybridized carbons (Fsp3) is 0.500. The number of likely N-dealkylation sites (N-methyl/N-ethyl adjacent to an activating group) is 1. The minimum atomic E-state index is -3.62. The van der Waals surface area contributed by atoms with Gasteiger partial charge in [-0.05, 0) is 31.5 Å². The van der Waals surface area contributed by atoms with Crippen LogP contribution in [0.5, 0.6) is 0 Å². The molecule has 0 aliphatic rings. The molecule has 0 unspecified atom stereocenters. The Morgan fingerprint density at radius 1 is 1.39 bits per heavy atom. The van der Waals surface area contributed by atoms with Gasteiger partial charge in [-0.25, -0.2) is 8.42 Å². The fourth-order valence-electron chi connectivity index (χ4n) is 1.42. The van der Waals surface area contributed by atoms with Gasteiger partial charge in [0.25, 0.3) is 0 Å². The first-order chi connectivity index (χ1) is 8.25. The number of benzene rings is 1. The fourth-order valence-corrected chi connectivity index (χ4v) is 2.99. The van der Waals surface area contributed by atoms with Crippen LogP contribution in [0.3, 0.4) is 0 Å². The SMILES string of the molecule is CN(C(C)(C)CO)S(=O)(=O)c1cccc(CN)c1. The maximum Gasteiger partial charge on any atom is 0.243 e. The number of aliphatic hydroxyl groups is 1. The van der Waals surface area contributed by atoms with E-state index >= 15 is 0 Å². The summed E-state index contributed by atoms with van der Waals surface area (Å²) in [5, 5.41) is 9.25. The largest absolute Gasteiger partial charge is 0.394 e. The summed E-state index contributed by atoms with van der Waals surface area (Å²) in [7, 11) is -2.16. The predicted molar refractivity (Wildman–Crippen MR) is 70.4 cm³/mol. The normalized spacial score (nSPS) is 13.0.